The monoisotopic (exact) mass is 268 g/mol. The van der Waals surface area contributed by atoms with Crippen LogP contribution in [-0.4, -0.2) is 48.3 Å². The van der Waals surface area contributed by atoms with Crippen molar-refractivity contribution in [3.63, 3.8) is 0 Å². The first kappa shape index (κ1) is 15.3. The van der Waals surface area contributed by atoms with E-state index in [1.165, 1.54) is 38.5 Å². The van der Waals surface area contributed by atoms with E-state index >= 15 is 0 Å². The Bertz CT molecular complexity index is 280. The highest BCUT2D eigenvalue weighted by Crippen LogP contribution is 2.40. The zero-order chi connectivity index (χ0) is 13.9. The molecule has 2 aliphatic carbocycles. The summed E-state index contributed by atoms with van der Waals surface area (Å²) in [6.07, 6.45) is 8.02. The molecule has 3 unspecified atom stereocenters. The van der Waals surface area contributed by atoms with E-state index in [0.29, 0.717) is 12.0 Å². The molecule has 0 spiro atoms. The summed E-state index contributed by atoms with van der Waals surface area (Å²) in [6.45, 7) is 6.76. The Labute approximate surface area is 118 Å². The molecule has 2 rings (SSSR count). The number of hydrogen-bond acceptors (Lipinski definition) is 3. The Morgan fingerprint density at radius 1 is 1.21 bits per heavy atom. The Morgan fingerprint density at radius 3 is 2.42 bits per heavy atom. The summed E-state index contributed by atoms with van der Waals surface area (Å²) in [5.41, 5.74) is -0.0549. The zero-order valence-corrected chi connectivity index (χ0v) is 13.0. The maximum Gasteiger partial charge on any atom is 0.0628 e. The molecule has 3 nitrogen and oxygen atoms in total. The molecule has 2 N–H and O–H groups in total. The number of nitrogens with one attached hydrogen (secondary N) is 1. The molecular formula is C16H32N2O. The fraction of sp³-hybridized carbons (Fsp3) is 1.00. The van der Waals surface area contributed by atoms with Crippen molar-refractivity contribution in [2.75, 3.05) is 26.7 Å². The summed E-state index contributed by atoms with van der Waals surface area (Å²) in [5.74, 6) is 1.48. The van der Waals surface area contributed by atoms with Gasteiger partial charge in [0.25, 0.3) is 0 Å². The van der Waals surface area contributed by atoms with Crippen LogP contribution in [0.15, 0.2) is 0 Å². The zero-order valence-electron chi connectivity index (χ0n) is 13.0. The molecule has 0 amide bonds. The molecule has 2 saturated carbocycles. The van der Waals surface area contributed by atoms with Gasteiger partial charge in [-0.2, -0.15) is 0 Å². The molecule has 2 fully saturated rings. The molecule has 0 aromatic rings. The molecule has 0 aromatic heterocycles. The summed E-state index contributed by atoms with van der Waals surface area (Å²) >= 11 is 0. The van der Waals surface area contributed by atoms with E-state index in [9.17, 15) is 5.11 Å². The highest BCUT2D eigenvalue weighted by atomic mass is 16.3. The first-order valence-corrected chi connectivity index (χ1v) is 8.19. The van der Waals surface area contributed by atoms with E-state index in [-0.39, 0.29) is 12.1 Å². The molecule has 112 valence electrons. The van der Waals surface area contributed by atoms with Gasteiger partial charge < -0.3 is 15.3 Å². The highest BCUT2D eigenvalue weighted by molar-refractivity contribution is 5.03. The van der Waals surface area contributed by atoms with Gasteiger partial charge in [-0.05, 0) is 51.1 Å². The average Bonchev–Trinajstić information content (AvgIpc) is 3.23. The molecule has 3 heteroatoms. The molecule has 0 saturated heterocycles. The van der Waals surface area contributed by atoms with Crippen molar-refractivity contribution in [1.82, 2.24) is 10.2 Å². The second-order valence-electron chi connectivity index (χ2n) is 6.86. The van der Waals surface area contributed by atoms with Gasteiger partial charge in [-0.1, -0.05) is 26.7 Å². The van der Waals surface area contributed by atoms with Gasteiger partial charge in [0, 0.05) is 12.6 Å². The van der Waals surface area contributed by atoms with Crippen LogP contribution in [0.5, 0.6) is 0 Å². The Kier molecular flexibility index (Phi) is 5.27. The third-order valence-electron chi connectivity index (χ3n) is 5.33. The largest absolute Gasteiger partial charge is 0.394 e. The lowest BCUT2D eigenvalue weighted by molar-refractivity contribution is 0.0589. The predicted octanol–water partition coefficient (Wildman–Crippen LogP) is 2.25. The first-order valence-electron chi connectivity index (χ1n) is 8.19. The Morgan fingerprint density at radius 2 is 1.89 bits per heavy atom. The maximum absolute atomic E-state index is 9.94. The first-order chi connectivity index (χ1) is 9.13. The van der Waals surface area contributed by atoms with Crippen LogP contribution in [-0.2, 0) is 0 Å². The topological polar surface area (TPSA) is 35.5 Å². The van der Waals surface area contributed by atoms with Crippen molar-refractivity contribution in [2.45, 2.75) is 64.0 Å². The number of hydrogen-bond donors (Lipinski definition) is 2. The van der Waals surface area contributed by atoms with Crippen molar-refractivity contribution >= 4 is 0 Å². The lowest BCUT2D eigenvalue weighted by Gasteiger charge is -2.43. The minimum absolute atomic E-state index is 0.0549. The molecule has 3 atom stereocenters. The van der Waals surface area contributed by atoms with Gasteiger partial charge in [0.05, 0.1) is 12.1 Å². The van der Waals surface area contributed by atoms with Crippen LogP contribution in [0.4, 0.5) is 0 Å². The Hall–Kier alpha value is -0.120. The van der Waals surface area contributed by atoms with Crippen LogP contribution < -0.4 is 5.32 Å². The summed E-state index contributed by atoms with van der Waals surface area (Å²) in [5, 5.41) is 13.5. The fourth-order valence-corrected chi connectivity index (χ4v) is 4.07. The molecular weight excluding hydrogens is 236 g/mol. The third-order valence-corrected chi connectivity index (χ3v) is 5.33. The molecule has 0 heterocycles. The number of likely N-dealkylation sites (N-methyl/N-ethyl adjacent to an activating group) is 2. The lowest BCUT2D eigenvalue weighted by Crippen LogP contribution is -2.59. The number of nitrogens with zero attached hydrogens (tertiary/aromatic N) is 1. The minimum Gasteiger partial charge on any atom is -0.394 e. The van der Waals surface area contributed by atoms with Crippen molar-refractivity contribution in [2.24, 2.45) is 11.8 Å². The van der Waals surface area contributed by atoms with E-state index in [2.05, 4.69) is 31.1 Å². The molecule has 0 aromatic carbocycles. The van der Waals surface area contributed by atoms with Crippen molar-refractivity contribution in [1.29, 1.82) is 0 Å². The standard InChI is InChI=1S/C16H32N2O/c1-4-17-16(12-19,14-9-10-14)11-18(3)15-8-6-5-7-13(15)2/h13-15,17,19H,4-12H2,1-3H3. The van der Waals surface area contributed by atoms with E-state index in [1.54, 1.807) is 0 Å². The van der Waals surface area contributed by atoms with Crippen LogP contribution in [0.1, 0.15) is 52.4 Å². The Balaban J connectivity index is 1.99. The molecule has 0 bridgehead atoms. The van der Waals surface area contributed by atoms with Crippen molar-refractivity contribution < 1.29 is 5.11 Å². The summed E-state index contributed by atoms with van der Waals surface area (Å²) in [4.78, 5) is 2.53. The summed E-state index contributed by atoms with van der Waals surface area (Å²) < 4.78 is 0. The van der Waals surface area contributed by atoms with E-state index in [4.69, 9.17) is 0 Å². The summed E-state index contributed by atoms with van der Waals surface area (Å²) in [7, 11) is 2.26. The van der Waals surface area contributed by atoms with Gasteiger partial charge in [-0.25, -0.2) is 0 Å². The van der Waals surface area contributed by atoms with E-state index in [1.807, 2.05) is 0 Å². The second kappa shape index (κ2) is 6.55. The molecule has 0 radical (unpaired) electrons. The van der Waals surface area contributed by atoms with Crippen molar-refractivity contribution in [3.8, 4) is 0 Å². The number of rotatable bonds is 7. The number of aliphatic hydroxyl groups is 1. The third kappa shape index (κ3) is 3.50. The smallest absolute Gasteiger partial charge is 0.0628 e. The van der Waals surface area contributed by atoms with Crippen LogP contribution in [0.25, 0.3) is 0 Å². The highest BCUT2D eigenvalue weighted by Gasteiger charge is 2.45. The van der Waals surface area contributed by atoms with Gasteiger partial charge in [-0.15, -0.1) is 0 Å². The normalized spacial score (nSPS) is 31.4. The van der Waals surface area contributed by atoms with E-state index < -0.39 is 0 Å². The molecule has 19 heavy (non-hydrogen) atoms. The number of aliphatic hydroxyl groups excluding tert-OH is 1. The van der Waals surface area contributed by atoms with Gasteiger partial charge >= 0.3 is 0 Å². The van der Waals surface area contributed by atoms with Crippen LogP contribution in [0.3, 0.4) is 0 Å². The molecule has 0 aliphatic heterocycles. The van der Waals surface area contributed by atoms with Crippen LogP contribution in [0.2, 0.25) is 0 Å². The minimum atomic E-state index is -0.0549. The van der Waals surface area contributed by atoms with Gasteiger partial charge in [0.1, 0.15) is 0 Å². The second-order valence-corrected chi connectivity index (χ2v) is 6.86. The summed E-state index contributed by atoms with van der Waals surface area (Å²) in [6, 6.07) is 0.706. The lowest BCUT2D eigenvalue weighted by atomic mass is 9.83. The van der Waals surface area contributed by atoms with Crippen LogP contribution in [0, 0.1) is 11.8 Å². The van der Waals surface area contributed by atoms with E-state index in [0.717, 1.165) is 19.0 Å². The SMILES string of the molecule is CCNC(CO)(CN(C)C1CCCCC1C)C1CC1. The van der Waals surface area contributed by atoms with Gasteiger partial charge in [0.15, 0.2) is 0 Å². The quantitative estimate of drug-likeness (QED) is 0.743. The maximum atomic E-state index is 9.94. The van der Waals surface area contributed by atoms with Crippen molar-refractivity contribution in [3.05, 3.63) is 0 Å². The van der Waals surface area contributed by atoms with Gasteiger partial charge in [-0.3, -0.25) is 0 Å². The fourth-order valence-electron chi connectivity index (χ4n) is 4.07. The van der Waals surface area contributed by atoms with Crippen LogP contribution >= 0.6 is 0 Å². The van der Waals surface area contributed by atoms with Gasteiger partial charge in [0.2, 0.25) is 0 Å². The average molecular weight is 268 g/mol. The molecule has 2 aliphatic rings. The predicted molar refractivity (Wildman–Crippen MR) is 80.3 cm³/mol.